The van der Waals surface area contributed by atoms with E-state index in [4.69, 9.17) is 4.74 Å². The number of halogens is 1. The number of ether oxygens (including phenoxy) is 1. The van der Waals surface area contributed by atoms with E-state index in [1.807, 2.05) is 0 Å². The maximum absolute atomic E-state index is 12.9. The number of unbranched alkanes of at least 4 members (excludes halogenated alkanes) is 2. The molecular formula is C18H23FO4. The zero-order chi connectivity index (χ0) is 17.2. The lowest BCUT2D eigenvalue weighted by molar-refractivity contribution is -0.143. The van der Waals surface area contributed by atoms with E-state index < -0.39 is 11.7 Å². The van der Waals surface area contributed by atoms with Crippen LogP contribution in [0.1, 0.15) is 56.3 Å². The summed E-state index contributed by atoms with van der Waals surface area (Å²) in [5.74, 6) is -1.81. The minimum absolute atomic E-state index is 0.190. The second kappa shape index (κ2) is 9.87. The van der Waals surface area contributed by atoms with E-state index in [0.29, 0.717) is 37.9 Å². The monoisotopic (exact) mass is 322 g/mol. The van der Waals surface area contributed by atoms with Crippen LogP contribution in [-0.2, 0) is 14.3 Å². The Labute approximate surface area is 136 Å². The van der Waals surface area contributed by atoms with Crippen LogP contribution in [0.15, 0.2) is 24.3 Å². The molecule has 1 aromatic carbocycles. The highest BCUT2D eigenvalue weighted by molar-refractivity contribution is 6.09. The fourth-order valence-electron chi connectivity index (χ4n) is 2.36. The van der Waals surface area contributed by atoms with Crippen molar-refractivity contribution < 1.29 is 23.5 Å². The van der Waals surface area contributed by atoms with Crippen molar-refractivity contribution in [1.82, 2.24) is 0 Å². The van der Waals surface area contributed by atoms with Gasteiger partial charge in [-0.15, -0.1) is 0 Å². The molecule has 0 saturated carbocycles. The summed E-state index contributed by atoms with van der Waals surface area (Å²) in [5, 5.41) is 0. The lowest BCUT2D eigenvalue weighted by Gasteiger charge is -2.12. The van der Waals surface area contributed by atoms with E-state index in [9.17, 15) is 18.8 Å². The molecule has 0 aliphatic heterocycles. The Balaban J connectivity index is 2.46. The molecule has 126 valence electrons. The molecule has 0 spiro atoms. The zero-order valence-corrected chi connectivity index (χ0v) is 13.6. The van der Waals surface area contributed by atoms with Gasteiger partial charge in [0.25, 0.3) is 0 Å². The Morgan fingerprint density at radius 1 is 1.09 bits per heavy atom. The van der Waals surface area contributed by atoms with Crippen LogP contribution < -0.4 is 0 Å². The number of esters is 1. The summed E-state index contributed by atoms with van der Waals surface area (Å²) in [6, 6.07) is 5.22. The number of Topliss-reactive ketones (excluding diaryl/α,β-unsaturated/α-hetero) is 2. The predicted molar refractivity (Wildman–Crippen MR) is 84.6 cm³/mol. The molecule has 1 rings (SSSR count). The third kappa shape index (κ3) is 6.72. The van der Waals surface area contributed by atoms with Crippen molar-refractivity contribution in [3.63, 3.8) is 0 Å². The summed E-state index contributed by atoms with van der Waals surface area (Å²) in [6.07, 6.45) is 2.89. The summed E-state index contributed by atoms with van der Waals surface area (Å²) < 4.78 is 17.7. The fraction of sp³-hybridized carbons (Fsp3) is 0.500. The van der Waals surface area contributed by atoms with Crippen LogP contribution in [0, 0.1) is 11.7 Å². The topological polar surface area (TPSA) is 60.4 Å². The smallest absolute Gasteiger partial charge is 0.305 e. The molecule has 0 saturated heterocycles. The third-order valence-electron chi connectivity index (χ3n) is 3.61. The Hall–Kier alpha value is -2.04. The molecule has 0 N–H and O–H groups in total. The van der Waals surface area contributed by atoms with Crippen LogP contribution in [0.25, 0.3) is 0 Å². The van der Waals surface area contributed by atoms with Crippen LogP contribution in [0.4, 0.5) is 4.39 Å². The van der Waals surface area contributed by atoms with Gasteiger partial charge < -0.3 is 4.74 Å². The van der Waals surface area contributed by atoms with Gasteiger partial charge in [0.15, 0.2) is 5.78 Å². The molecule has 1 atom stereocenters. The Kier molecular flexibility index (Phi) is 8.16. The molecule has 0 radical (unpaired) electrons. The molecule has 0 fully saturated rings. The summed E-state index contributed by atoms with van der Waals surface area (Å²) in [6.45, 7) is 3.53. The lowest BCUT2D eigenvalue weighted by atomic mass is 9.89. The number of benzene rings is 1. The molecule has 1 unspecified atom stereocenters. The molecule has 0 amide bonds. The van der Waals surface area contributed by atoms with E-state index >= 15 is 0 Å². The number of hydrogen-bond acceptors (Lipinski definition) is 4. The van der Waals surface area contributed by atoms with Crippen molar-refractivity contribution in [3.8, 4) is 0 Å². The molecule has 23 heavy (non-hydrogen) atoms. The first kappa shape index (κ1) is 19.0. The van der Waals surface area contributed by atoms with Crippen LogP contribution in [-0.4, -0.2) is 24.1 Å². The van der Waals surface area contributed by atoms with Crippen LogP contribution in [0.2, 0.25) is 0 Å². The van der Waals surface area contributed by atoms with E-state index in [1.165, 1.54) is 31.2 Å². The van der Waals surface area contributed by atoms with Gasteiger partial charge in [-0.2, -0.15) is 0 Å². The molecule has 5 heteroatoms. The quantitative estimate of drug-likeness (QED) is 0.285. The molecule has 0 heterocycles. The lowest BCUT2D eigenvalue weighted by Crippen LogP contribution is -2.22. The molecule has 0 bridgehead atoms. The number of hydrogen-bond donors (Lipinski definition) is 0. The molecule has 0 aliphatic rings. The average molecular weight is 322 g/mol. The van der Waals surface area contributed by atoms with Gasteiger partial charge in [-0.3, -0.25) is 14.4 Å². The van der Waals surface area contributed by atoms with Crippen molar-refractivity contribution in [2.24, 2.45) is 5.92 Å². The molecule has 1 aromatic rings. The van der Waals surface area contributed by atoms with Crippen molar-refractivity contribution >= 4 is 17.5 Å². The predicted octanol–water partition coefficient (Wildman–Crippen LogP) is 3.73. The van der Waals surface area contributed by atoms with Gasteiger partial charge in [-0.1, -0.05) is 12.8 Å². The Morgan fingerprint density at radius 3 is 2.30 bits per heavy atom. The van der Waals surface area contributed by atoms with E-state index in [2.05, 4.69) is 0 Å². The number of rotatable bonds is 10. The first-order valence-corrected chi connectivity index (χ1v) is 7.91. The van der Waals surface area contributed by atoms with Crippen LogP contribution in [0.5, 0.6) is 0 Å². The summed E-state index contributed by atoms with van der Waals surface area (Å²) in [5.41, 5.74) is 0.345. The zero-order valence-electron chi connectivity index (χ0n) is 13.6. The number of carbonyl (C=O) groups is 3. The third-order valence-corrected chi connectivity index (χ3v) is 3.61. The van der Waals surface area contributed by atoms with Crippen molar-refractivity contribution in [3.05, 3.63) is 35.6 Å². The van der Waals surface area contributed by atoms with Gasteiger partial charge in [0, 0.05) is 12.0 Å². The minimum atomic E-state index is -0.706. The highest BCUT2D eigenvalue weighted by Crippen LogP contribution is 2.18. The maximum atomic E-state index is 12.9. The minimum Gasteiger partial charge on any atom is -0.466 e. The maximum Gasteiger partial charge on any atom is 0.305 e. The fourth-order valence-corrected chi connectivity index (χ4v) is 2.36. The highest BCUT2D eigenvalue weighted by atomic mass is 19.1. The standard InChI is InChI=1S/C18H23FO4/c1-3-23-17(21)8-6-4-5-7-16(13(2)20)18(22)14-9-11-15(19)12-10-14/h9-12,16H,3-8H2,1-2H3. The first-order valence-electron chi connectivity index (χ1n) is 7.91. The van der Waals surface area contributed by atoms with Crippen molar-refractivity contribution in [2.45, 2.75) is 46.0 Å². The Morgan fingerprint density at radius 2 is 1.74 bits per heavy atom. The second-order valence-corrected chi connectivity index (χ2v) is 5.44. The van der Waals surface area contributed by atoms with Gasteiger partial charge >= 0.3 is 5.97 Å². The molecule has 4 nitrogen and oxygen atoms in total. The van der Waals surface area contributed by atoms with Gasteiger partial charge in [-0.25, -0.2) is 4.39 Å². The summed E-state index contributed by atoms with van der Waals surface area (Å²) in [4.78, 5) is 35.3. The van der Waals surface area contributed by atoms with Crippen LogP contribution >= 0.6 is 0 Å². The number of ketones is 2. The Bertz CT molecular complexity index is 536. The van der Waals surface area contributed by atoms with Crippen LogP contribution in [0.3, 0.4) is 0 Å². The van der Waals surface area contributed by atoms with Gasteiger partial charge in [0.2, 0.25) is 0 Å². The van der Waals surface area contributed by atoms with E-state index in [1.54, 1.807) is 6.92 Å². The van der Waals surface area contributed by atoms with E-state index in [-0.39, 0.29) is 17.5 Å². The van der Waals surface area contributed by atoms with Crippen molar-refractivity contribution in [1.29, 1.82) is 0 Å². The molecular weight excluding hydrogens is 299 g/mol. The molecule has 0 aromatic heterocycles. The first-order chi connectivity index (χ1) is 11.0. The normalized spacial score (nSPS) is 11.8. The molecule has 0 aliphatic carbocycles. The number of carbonyl (C=O) groups excluding carboxylic acids is 3. The average Bonchev–Trinajstić information content (AvgIpc) is 2.51. The second-order valence-electron chi connectivity index (χ2n) is 5.44. The SMILES string of the molecule is CCOC(=O)CCCCCC(C(C)=O)C(=O)c1ccc(F)cc1. The van der Waals surface area contributed by atoms with Crippen molar-refractivity contribution in [2.75, 3.05) is 6.61 Å². The van der Waals surface area contributed by atoms with Gasteiger partial charge in [-0.05, 0) is 51.0 Å². The van der Waals surface area contributed by atoms with E-state index in [0.717, 1.165) is 6.42 Å². The largest absolute Gasteiger partial charge is 0.466 e. The summed E-state index contributed by atoms with van der Waals surface area (Å²) in [7, 11) is 0. The van der Waals surface area contributed by atoms with Gasteiger partial charge in [0.05, 0.1) is 12.5 Å². The van der Waals surface area contributed by atoms with Gasteiger partial charge in [0.1, 0.15) is 11.6 Å². The summed E-state index contributed by atoms with van der Waals surface area (Å²) >= 11 is 0. The highest BCUT2D eigenvalue weighted by Gasteiger charge is 2.24.